The maximum atomic E-state index is 12.3. The van der Waals surface area contributed by atoms with E-state index in [0.717, 1.165) is 19.3 Å². The molecule has 1 fully saturated rings. The molecular weight excluding hydrogens is 370 g/mol. The van der Waals surface area contributed by atoms with Crippen LogP contribution in [0.5, 0.6) is 0 Å². The van der Waals surface area contributed by atoms with Gasteiger partial charge in [0.05, 0.1) is 5.54 Å². The Labute approximate surface area is 180 Å². The third-order valence-electron chi connectivity index (χ3n) is 6.11. The summed E-state index contributed by atoms with van der Waals surface area (Å²) in [5.41, 5.74) is 8.37. The molecule has 1 amide bonds. The summed E-state index contributed by atoms with van der Waals surface area (Å²) in [6.07, 6.45) is 12.8. The lowest BCUT2D eigenvalue weighted by atomic mass is 10.0. The number of unbranched alkanes of at least 4 members (excludes halogenated alkanes) is 6. The van der Waals surface area contributed by atoms with Crippen molar-refractivity contribution < 1.29 is 4.79 Å². The highest BCUT2D eigenvalue weighted by Crippen LogP contribution is 2.35. The van der Waals surface area contributed by atoms with Crippen LogP contribution in [0.25, 0.3) is 0 Å². The van der Waals surface area contributed by atoms with E-state index in [1.54, 1.807) is 0 Å². The van der Waals surface area contributed by atoms with Crippen LogP contribution >= 0.6 is 0 Å². The lowest BCUT2D eigenvalue weighted by molar-refractivity contribution is 0.0943. The number of amides is 1. The maximum absolute atomic E-state index is 12.3. The summed E-state index contributed by atoms with van der Waals surface area (Å²) in [4.78, 5) is 12.3. The number of carbonyl (C=O) groups excluding carboxylic acids is 1. The Kier molecular flexibility index (Phi) is 8.06. The molecule has 1 saturated carbocycles. The van der Waals surface area contributed by atoms with Crippen molar-refractivity contribution in [3.8, 4) is 0 Å². The molecule has 3 rings (SSSR count). The molecule has 0 radical (unpaired) electrons. The van der Waals surface area contributed by atoms with E-state index in [0.29, 0.717) is 5.56 Å². The summed E-state index contributed by atoms with van der Waals surface area (Å²) >= 11 is 0. The van der Waals surface area contributed by atoms with E-state index >= 15 is 0 Å². The van der Waals surface area contributed by atoms with Gasteiger partial charge in [0, 0.05) is 5.56 Å². The number of rotatable bonds is 13. The van der Waals surface area contributed by atoms with Gasteiger partial charge in [0.25, 0.3) is 5.91 Å². The largest absolute Gasteiger partial charge is 0.386 e. The standard InChI is InChI=1S/C26H35N3O/c27-25(28)26(19-20-26)29-24(30)23-17-15-22(16-18-23)14-8-5-3-1-2-4-7-11-21-12-9-6-10-13-21/h6,9-10,12-13,15-18H,1-5,7-8,11,14,19-20H2,(H3,27,28)(H,29,30). The second-order valence-corrected chi connectivity index (χ2v) is 8.61. The van der Waals surface area contributed by atoms with Crippen molar-refractivity contribution >= 4 is 11.7 Å². The van der Waals surface area contributed by atoms with Gasteiger partial charge >= 0.3 is 0 Å². The molecule has 1 aliphatic carbocycles. The van der Waals surface area contributed by atoms with Crippen LogP contribution in [0.3, 0.4) is 0 Å². The summed E-state index contributed by atoms with van der Waals surface area (Å²) in [7, 11) is 0. The minimum absolute atomic E-state index is 0.0589. The van der Waals surface area contributed by atoms with E-state index in [9.17, 15) is 4.79 Å². The molecule has 2 aromatic carbocycles. The molecular formula is C26H35N3O. The van der Waals surface area contributed by atoms with Crippen LogP contribution in [-0.4, -0.2) is 17.3 Å². The normalized spacial score (nSPS) is 14.3. The zero-order valence-electron chi connectivity index (χ0n) is 18.0. The smallest absolute Gasteiger partial charge is 0.252 e. The first-order chi connectivity index (χ1) is 14.6. The highest BCUT2D eigenvalue weighted by Gasteiger charge is 2.47. The number of amidine groups is 1. The Morgan fingerprint density at radius 3 is 1.80 bits per heavy atom. The average molecular weight is 406 g/mol. The molecule has 30 heavy (non-hydrogen) atoms. The van der Waals surface area contributed by atoms with Gasteiger partial charge in [-0.2, -0.15) is 0 Å². The first-order valence-electron chi connectivity index (χ1n) is 11.4. The van der Waals surface area contributed by atoms with Crippen LogP contribution in [0.1, 0.15) is 79.3 Å². The van der Waals surface area contributed by atoms with Gasteiger partial charge in [0.2, 0.25) is 0 Å². The Bertz CT molecular complexity index is 810. The molecule has 4 N–H and O–H groups in total. The van der Waals surface area contributed by atoms with Crippen LogP contribution in [-0.2, 0) is 12.8 Å². The molecule has 1 aliphatic rings. The van der Waals surface area contributed by atoms with Gasteiger partial charge in [-0.25, -0.2) is 0 Å². The predicted octanol–water partition coefficient (Wildman–Crippen LogP) is 5.40. The van der Waals surface area contributed by atoms with Gasteiger partial charge in [-0.3, -0.25) is 10.2 Å². The van der Waals surface area contributed by atoms with E-state index in [4.69, 9.17) is 11.1 Å². The van der Waals surface area contributed by atoms with E-state index in [2.05, 4.69) is 35.6 Å². The molecule has 0 heterocycles. The summed E-state index contributed by atoms with van der Waals surface area (Å²) in [5.74, 6) is -0.0785. The summed E-state index contributed by atoms with van der Waals surface area (Å²) in [5, 5.41) is 10.5. The average Bonchev–Trinajstić information content (AvgIpc) is 3.54. The SMILES string of the molecule is N=C(N)C1(NC(=O)c2ccc(CCCCCCCCCc3ccccc3)cc2)CC1. The van der Waals surface area contributed by atoms with Gasteiger partial charge in [-0.1, -0.05) is 74.6 Å². The fourth-order valence-corrected chi connectivity index (χ4v) is 3.89. The van der Waals surface area contributed by atoms with Crippen molar-refractivity contribution in [3.63, 3.8) is 0 Å². The van der Waals surface area contributed by atoms with Crippen LogP contribution in [0, 0.1) is 5.41 Å². The second-order valence-electron chi connectivity index (χ2n) is 8.61. The van der Waals surface area contributed by atoms with Crippen molar-refractivity contribution in [3.05, 3.63) is 71.3 Å². The number of hydrogen-bond donors (Lipinski definition) is 3. The molecule has 0 aromatic heterocycles. The molecule has 0 bridgehead atoms. The molecule has 0 spiro atoms. The number of nitrogens with two attached hydrogens (primary N) is 1. The molecule has 160 valence electrons. The molecule has 2 aromatic rings. The number of carbonyl (C=O) groups is 1. The highest BCUT2D eigenvalue weighted by molar-refractivity contribution is 6.01. The van der Waals surface area contributed by atoms with Crippen LogP contribution in [0.4, 0.5) is 0 Å². The van der Waals surface area contributed by atoms with E-state index < -0.39 is 5.54 Å². The Hall–Kier alpha value is -2.62. The Morgan fingerprint density at radius 2 is 1.30 bits per heavy atom. The van der Waals surface area contributed by atoms with Crippen molar-refractivity contribution in [1.29, 1.82) is 5.41 Å². The van der Waals surface area contributed by atoms with E-state index in [1.807, 2.05) is 24.3 Å². The highest BCUT2D eigenvalue weighted by atomic mass is 16.1. The predicted molar refractivity (Wildman–Crippen MR) is 124 cm³/mol. The minimum Gasteiger partial charge on any atom is -0.386 e. The van der Waals surface area contributed by atoms with Crippen molar-refractivity contribution in [2.45, 2.75) is 76.2 Å². The lowest BCUT2D eigenvalue weighted by Crippen LogP contribution is -2.46. The van der Waals surface area contributed by atoms with E-state index in [1.165, 1.54) is 62.5 Å². The van der Waals surface area contributed by atoms with Crippen molar-refractivity contribution in [2.24, 2.45) is 5.73 Å². The third kappa shape index (κ3) is 6.72. The molecule has 0 atom stereocenters. The van der Waals surface area contributed by atoms with Gasteiger partial charge in [0.15, 0.2) is 0 Å². The van der Waals surface area contributed by atoms with Gasteiger partial charge < -0.3 is 11.1 Å². The van der Waals surface area contributed by atoms with Gasteiger partial charge in [-0.05, 0) is 61.8 Å². The fraction of sp³-hybridized carbons (Fsp3) is 0.462. The van der Waals surface area contributed by atoms with Gasteiger partial charge in [-0.15, -0.1) is 0 Å². The molecule has 0 saturated heterocycles. The monoisotopic (exact) mass is 405 g/mol. The minimum atomic E-state index is -0.586. The number of benzene rings is 2. The molecule has 4 nitrogen and oxygen atoms in total. The van der Waals surface area contributed by atoms with Crippen LogP contribution in [0.15, 0.2) is 54.6 Å². The van der Waals surface area contributed by atoms with E-state index in [-0.39, 0.29) is 11.7 Å². The van der Waals surface area contributed by atoms with Gasteiger partial charge in [0.1, 0.15) is 5.84 Å². The fourth-order valence-electron chi connectivity index (χ4n) is 3.89. The Balaban J connectivity index is 1.24. The van der Waals surface area contributed by atoms with Crippen LogP contribution < -0.4 is 11.1 Å². The summed E-state index contributed by atoms with van der Waals surface area (Å²) in [6.45, 7) is 0. The summed E-state index contributed by atoms with van der Waals surface area (Å²) in [6, 6.07) is 18.6. The summed E-state index contributed by atoms with van der Waals surface area (Å²) < 4.78 is 0. The number of hydrogen-bond acceptors (Lipinski definition) is 2. The molecule has 4 heteroatoms. The zero-order chi connectivity index (χ0) is 21.2. The third-order valence-corrected chi connectivity index (χ3v) is 6.11. The topological polar surface area (TPSA) is 79.0 Å². The number of aryl methyl sites for hydroxylation is 2. The van der Waals surface area contributed by atoms with Crippen LogP contribution in [0.2, 0.25) is 0 Å². The molecule has 0 unspecified atom stereocenters. The molecule has 0 aliphatic heterocycles. The first kappa shape index (κ1) is 22.1. The maximum Gasteiger partial charge on any atom is 0.252 e. The van der Waals surface area contributed by atoms with Crippen molar-refractivity contribution in [2.75, 3.05) is 0 Å². The second kappa shape index (κ2) is 11.0. The Morgan fingerprint density at radius 1 is 0.800 bits per heavy atom. The van der Waals surface area contributed by atoms with Crippen molar-refractivity contribution in [1.82, 2.24) is 5.32 Å². The quantitative estimate of drug-likeness (QED) is 0.237. The first-order valence-corrected chi connectivity index (χ1v) is 11.4. The number of nitrogens with one attached hydrogen (secondary N) is 2. The lowest BCUT2D eigenvalue weighted by Gasteiger charge is -2.15. The zero-order valence-corrected chi connectivity index (χ0v) is 18.0.